The quantitative estimate of drug-likeness (QED) is 0.459. The summed E-state index contributed by atoms with van der Waals surface area (Å²) in [4.78, 5) is 3.89. The summed E-state index contributed by atoms with van der Waals surface area (Å²) in [5.41, 5.74) is 0.751. The molecule has 1 rings (SSSR count). The predicted molar refractivity (Wildman–Crippen MR) is 36.1 cm³/mol. The Morgan fingerprint density at radius 1 is 1.40 bits per heavy atom. The predicted octanol–water partition coefficient (Wildman–Crippen LogP) is 1.55. The molecule has 0 saturated carbocycles. The number of phenolic OH excluding ortho intramolecular Hbond substituents is 1. The van der Waals surface area contributed by atoms with Crippen molar-refractivity contribution >= 4 is 0 Å². The number of rotatable bonds is 1. The Kier molecular flexibility index (Phi) is 1.78. The van der Waals surface area contributed by atoms with E-state index in [0.29, 0.717) is 0 Å². The molecule has 0 heterocycles. The van der Waals surface area contributed by atoms with Crippen molar-refractivity contribution in [3.05, 3.63) is 23.8 Å². The molecule has 2 N–H and O–H groups in total. The first kappa shape index (κ1) is 6.89. The standard InChI is InChI=1S/C7H8O3/c1-5-2-3-6(10-9)4-7(5)8/h2-4,8-9H,1H3. The van der Waals surface area contributed by atoms with Crippen molar-refractivity contribution < 1.29 is 15.3 Å². The Labute approximate surface area is 58.4 Å². The van der Waals surface area contributed by atoms with Gasteiger partial charge in [0.05, 0.1) is 0 Å². The molecule has 0 radical (unpaired) electrons. The van der Waals surface area contributed by atoms with Gasteiger partial charge in [0.1, 0.15) is 5.75 Å². The maximum Gasteiger partial charge on any atom is 0.168 e. The van der Waals surface area contributed by atoms with Gasteiger partial charge in [-0.1, -0.05) is 6.07 Å². The van der Waals surface area contributed by atoms with Gasteiger partial charge in [-0.2, -0.15) is 0 Å². The maximum atomic E-state index is 9.04. The zero-order valence-corrected chi connectivity index (χ0v) is 5.53. The molecule has 0 aliphatic heterocycles. The summed E-state index contributed by atoms with van der Waals surface area (Å²) in [6.07, 6.45) is 0. The second kappa shape index (κ2) is 2.58. The zero-order valence-electron chi connectivity index (χ0n) is 5.53. The molecule has 0 amide bonds. The fourth-order valence-electron chi connectivity index (χ4n) is 0.646. The van der Waals surface area contributed by atoms with Crippen LogP contribution in [0.4, 0.5) is 0 Å². The molecule has 1 aromatic rings. The Balaban J connectivity index is 3.04. The molecule has 3 nitrogen and oxygen atoms in total. The highest BCUT2D eigenvalue weighted by molar-refractivity contribution is 5.38. The van der Waals surface area contributed by atoms with Gasteiger partial charge in [0.2, 0.25) is 0 Å². The fraction of sp³-hybridized carbons (Fsp3) is 0.143. The number of hydrogen-bond donors (Lipinski definition) is 2. The Morgan fingerprint density at radius 2 is 2.10 bits per heavy atom. The van der Waals surface area contributed by atoms with Crippen LogP contribution in [0.2, 0.25) is 0 Å². The molecule has 10 heavy (non-hydrogen) atoms. The third kappa shape index (κ3) is 1.19. The van der Waals surface area contributed by atoms with Gasteiger partial charge in [0.15, 0.2) is 5.75 Å². The lowest BCUT2D eigenvalue weighted by Gasteiger charge is -1.99. The van der Waals surface area contributed by atoms with E-state index >= 15 is 0 Å². The summed E-state index contributed by atoms with van der Waals surface area (Å²) in [6.45, 7) is 1.76. The molecule has 54 valence electrons. The molecule has 0 atom stereocenters. The van der Waals surface area contributed by atoms with Crippen molar-refractivity contribution in [3.63, 3.8) is 0 Å². The number of benzene rings is 1. The van der Waals surface area contributed by atoms with Crippen molar-refractivity contribution in [1.29, 1.82) is 0 Å². The molecular weight excluding hydrogens is 132 g/mol. The second-order valence-corrected chi connectivity index (χ2v) is 2.04. The summed E-state index contributed by atoms with van der Waals surface area (Å²) in [6, 6.07) is 4.56. The molecule has 1 aromatic carbocycles. The smallest absolute Gasteiger partial charge is 0.168 e. The Morgan fingerprint density at radius 3 is 2.60 bits per heavy atom. The first-order valence-electron chi connectivity index (χ1n) is 2.85. The van der Waals surface area contributed by atoms with E-state index in [4.69, 9.17) is 10.4 Å². The minimum Gasteiger partial charge on any atom is -0.508 e. The first-order chi connectivity index (χ1) is 4.74. The van der Waals surface area contributed by atoms with Crippen molar-refractivity contribution in [2.75, 3.05) is 0 Å². The summed E-state index contributed by atoms with van der Waals surface area (Å²) >= 11 is 0. The molecule has 0 fully saturated rings. The van der Waals surface area contributed by atoms with E-state index in [1.807, 2.05) is 0 Å². The largest absolute Gasteiger partial charge is 0.508 e. The van der Waals surface area contributed by atoms with Gasteiger partial charge in [0, 0.05) is 6.07 Å². The van der Waals surface area contributed by atoms with Crippen LogP contribution in [0, 0.1) is 6.92 Å². The monoisotopic (exact) mass is 140 g/mol. The van der Waals surface area contributed by atoms with Crippen LogP contribution in [-0.2, 0) is 0 Å². The normalized spacial score (nSPS) is 9.40. The van der Waals surface area contributed by atoms with Crippen LogP contribution in [0.1, 0.15) is 5.56 Å². The Hall–Kier alpha value is -1.22. The van der Waals surface area contributed by atoms with E-state index in [1.54, 1.807) is 19.1 Å². The van der Waals surface area contributed by atoms with Crippen LogP contribution >= 0.6 is 0 Å². The number of phenols is 1. The summed E-state index contributed by atoms with van der Waals surface area (Å²) in [5, 5.41) is 17.2. The zero-order chi connectivity index (χ0) is 7.56. The van der Waals surface area contributed by atoms with E-state index in [-0.39, 0.29) is 11.5 Å². The Bertz CT molecular complexity index is 232. The SMILES string of the molecule is Cc1ccc(OO)cc1O. The topological polar surface area (TPSA) is 49.7 Å². The van der Waals surface area contributed by atoms with Crippen molar-refractivity contribution in [2.24, 2.45) is 0 Å². The first-order valence-corrected chi connectivity index (χ1v) is 2.85. The van der Waals surface area contributed by atoms with Gasteiger partial charge in [0.25, 0.3) is 0 Å². The lowest BCUT2D eigenvalue weighted by molar-refractivity contribution is -0.137. The van der Waals surface area contributed by atoms with E-state index in [2.05, 4.69) is 4.89 Å². The van der Waals surface area contributed by atoms with Crippen LogP contribution in [0.25, 0.3) is 0 Å². The average Bonchev–Trinajstić information content (AvgIpc) is 1.95. The summed E-state index contributed by atoms with van der Waals surface area (Å²) in [7, 11) is 0. The summed E-state index contributed by atoms with van der Waals surface area (Å²) < 4.78 is 0. The third-order valence-corrected chi connectivity index (χ3v) is 1.29. The van der Waals surface area contributed by atoms with E-state index < -0.39 is 0 Å². The number of aromatic hydroxyl groups is 1. The molecule has 0 unspecified atom stereocenters. The van der Waals surface area contributed by atoms with Gasteiger partial charge in [-0.05, 0) is 18.6 Å². The lowest BCUT2D eigenvalue weighted by atomic mass is 10.2. The van der Waals surface area contributed by atoms with E-state index in [0.717, 1.165) is 5.56 Å². The highest BCUT2D eigenvalue weighted by Crippen LogP contribution is 2.21. The van der Waals surface area contributed by atoms with Gasteiger partial charge in [-0.25, -0.2) is 5.26 Å². The molecule has 0 aliphatic rings. The second-order valence-electron chi connectivity index (χ2n) is 2.04. The highest BCUT2D eigenvalue weighted by Gasteiger charge is 1.97. The lowest BCUT2D eigenvalue weighted by Crippen LogP contribution is -1.83. The van der Waals surface area contributed by atoms with E-state index in [1.165, 1.54) is 6.07 Å². The minimum atomic E-state index is 0.117. The number of hydrogen-bond acceptors (Lipinski definition) is 3. The minimum absolute atomic E-state index is 0.117. The molecule has 0 aliphatic carbocycles. The van der Waals surface area contributed by atoms with Crippen LogP contribution in [0.15, 0.2) is 18.2 Å². The fourth-order valence-corrected chi connectivity index (χ4v) is 0.646. The van der Waals surface area contributed by atoms with Gasteiger partial charge >= 0.3 is 0 Å². The molecule has 3 heteroatoms. The molecule has 0 aromatic heterocycles. The number of aryl methyl sites for hydroxylation is 1. The van der Waals surface area contributed by atoms with Crippen LogP contribution in [-0.4, -0.2) is 10.4 Å². The molecule has 0 saturated heterocycles. The van der Waals surface area contributed by atoms with Crippen LogP contribution in [0.3, 0.4) is 0 Å². The van der Waals surface area contributed by atoms with Crippen molar-refractivity contribution in [3.8, 4) is 11.5 Å². The third-order valence-electron chi connectivity index (χ3n) is 1.29. The molecule has 0 spiro atoms. The van der Waals surface area contributed by atoms with E-state index in [9.17, 15) is 0 Å². The highest BCUT2D eigenvalue weighted by atomic mass is 17.1. The maximum absolute atomic E-state index is 9.04. The van der Waals surface area contributed by atoms with Crippen molar-refractivity contribution in [2.45, 2.75) is 6.92 Å². The molecule has 0 bridgehead atoms. The van der Waals surface area contributed by atoms with Crippen LogP contribution in [0.5, 0.6) is 11.5 Å². The van der Waals surface area contributed by atoms with Gasteiger partial charge < -0.3 is 9.99 Å². The van der Waals surface area contributed by atoms with Crippen molar-refractivity contribution in [1.82, 2.24) is 0 Å². The summed E-state index contributed by atoms with van der Waals surface area (Å²) in [5.74, 6) is 0.356. The van der Waals surface area contributed by atoms with Crippen LogP contribution < -0.4 is 4.89 Å². The average molecular weight is 140 g/mol. The molecular formula is C7H8O3. The van der Waals surface area contributed by atoms with Gasteiger partial charge in [-0.3, -0.25) is 0 Å². The van der Waals surface area contributed by atoms with Gasteiger partial charge in [-0.15, -0.1) is 0 Å².